The van der Waals surface area contributed by atoms with Crippen LogP contribution in [0.5, 0.6) is 0 Å². The van der Waals surface area contributed by atoms with Crippen LogP contribution in [0.4, 0.5) is 0 Å². The van der Waals surface area contributed by atoms with Gasteiger partial charge in [-0.1, -0.05) is 29.8 Å². The summed E-state index contributed by atoms with van der Waals surface area (Å²) in [5.41, 5.74) is 2.54. The number of ketones is 1. The van der Waals surface area contributed by atoms with Crippen molar-refractivity contribution in [1.29, 1.82) is 0 Å². The Labute approximate surface area is 128 Å². The molecule has 0 aliphatic heterocycles. The third-order valence-electron chi connectivity index (χ3n) is 3.21. The van der Waals surface area contributed by atoms with Crippen LogP contribution in [0.15, 0.2) is 16.6 Å². The van der Waals surface area contributed by atoms with Gasteiger partial charge in [-0.15, -0.1) is 0 Å². The number of esters is 1. The molecule has 0 heterocycles. The first-order valence-corrected chi connectivity index (χ1v) is 7.56. The number of aryl methyl sites for hydroxylation is 2. The summed E-state index contributed by atoms with van der Waals surface area (Å²) in [6.07, 6.45) is 0. The molecule has 1 atom stereocenters. The van der Waals surface area contributed by atoms with Crippen LogP contribution < -0.4 is 0 Å². The lowest BCUT2D eigenvalue weighted by atomic mass is 9.87. The van der Waals surface area contributed by atoms with E-state index in [0.29, 0.717) is 5.56 Å². The van der Waals surface area contributed by atoms with Crippen LogP contribution in [0.25, 0.3) is 0 Å². The lowest BCUT2D eigenvalue weighted by molar-refractivity contribution is -0.147. The standard InChI is InChI=1S/C16H21BrO3/c1-6-20-16(19)13(9(2)3)15(18)12-7-10(4)14(17)11(5)8-12/h7-9,13H,6H2,1-5H3. The first kappa shape index (κ1) is 16.9. The van der Waals surface area contributed by atoms with Crippen molar-refractivity contribution in [3.05, 3.63) is 33.3 Å². The van der Waals surface area contributed by atoms with Gasteiger partial charge in [0, 0.05) is 10.0 Å². The number of carbonyl (C=O) groups is 2. The molecular weight excluding hydrogens is 320 g/mol. The molecule has 0 saturated heterocycles. The van der Waals surface area contributed by atoms with Gasteiger partial charge in [-0.25, -0.2) is 0 Å². The van der Waals surface area contributed by atoms with Crippen molar-refractivity contribution in [2.45, 2.75) is 34.6 Å². The zero-order valence-corrected chi connectivity index (χ0v) is 14.2. The molecule has 1 unspecified atom stereocenters. The number of hydrogen-bond donors (Lipinski definition) is 0. The minimum absolute atomic E-state index is 0.0918. The molecule has 0 spiro atoms. The second-order valence-electron chi connectivity index (χ2n) is 5.26. The van der Waals surface area contributed by atoms with E-state index in [4.69, 9.17) is 4.74 Å². The van der Waals surface area contributed by atoms with E-state index in [1.807, 2.05) is 39.8 Å². The normalized spacial score (nSPS) is 12.3. The summed E-state index contributed by atoms with van der Waals surface area (Å²) < 4.78 is 6.02. The van der Waals surface area contributed by atoms with E-state index in [-0.39, 0.29) is 18.3 Å². The molecule has 0 aromatic heterocycles. The Balaban J connectivity index is 3.16. The lowest BCUT2D eigenvalue weighted by Crippen LogP contribution is -2.31. The van der Waals surface area contributed by atoms with Crippen molar-refractivity contribution in [1.82, 2.24) is 0 Å². The van der Waals surface area contributed by atoms with Gasteiger partial charge in [0.15, 0.2) is 5.78 Å². The Hall–Kier alpha value is -1.16. The summed E-state index contributed by atoms with van der Waals surface area (Å²) in [4.78, 5) is 24.6. The maximum atomic E-state index is 12.6. The molecule has 0 aliphatic rings. The van der Waals surface area contributed by atoms with Crippen LogP contribution >= 0.6 is 15.9 Å². The van der Waals surface area contributed by atoms with Gasteiger partial charge in [0.2, 0.25) is 0 Å². The number of Topliss-reactive ketones (excluding diaryl/α,β-unsaturated/α-hetero) is 1. The van der Waals surface area contributed by atoms with Crippen molar-refractivity contribution in [2.75, 3.05) is 6.61 Å². The third-order valence-corrected chi connectivity index (χ3v) is 4.46. The van der Waals surface area contributed by atoms with E-state index in [0.717, 1.165) is 15.6 Å². The summed E-state index contributed by atoms with van der Waals surface area (Å²) in [6, 6.07) is 3.63. The smallest absolute Gasteiger partial charge is 0.317 e. The molecule has 110 valence electrons. The van der Waals surface area contributed by atoms with Crippen LogP contribution in [-0.4, -0.2) is 18.4 Å². The monoisotopic (exact) mass is 340 g/mol. The molecule has 4 heteroatoms. The maximum absolute atomic E-state index is 12.6. The Bertz CT molecular complexity index is 497. The summed E-state index contributed by atoms with van der Waals surface area (Å²) in [5, 5.41) is 0. The largest absolute Gasteiger partial charge is 0.465 e. The molecule has 0 saturated carbocycles. The molecule has 0 amide bonds. The predicted molar refractivity (Wildman–Crippen MR) is 82.9 cm³/mol. The highest BCUT2D eigenvalue weighted by Crippen LogP contribution is 2.26. The van der Waals surface area contributed by atoms with E-state index in [1.165, 1.54) is 0 Å². The minimum Gasteiger partial charge on any atom is -0.465 e. The molecule has 1 aromatic rings. The molecule has 0 radical (unpaired) electrons. The van der Waals surface area contributed by atoms with Crippen LogP contribution in [0.1, 0.15) is 42.3 Å². The van der Waals surface area contributed by atoms with Crippen molar-refractivity contribution in [3.63, 3.8) is 0 Å². The topological polar surface area (TPSA) is 43.4 Å². The Morgan fingerprint density at radius 1 is 1.20 bits per heavy atom. The number of rotatable bonds is 5. The molecule has 0 N–H and O–H groups in total. The number of halogens is 1. The van der Waals surface area contributed by atoms with E-state index < -0.39 is 11.9 Å². The molecule has 0 fully saturated rings. The Kier molecular flexibility index (Phi) is 5.93. The van der Waals surface area contributed by atoms with Gasteiger partial charge >= 0.3 is 5.97 Å². The molecular formula is C16H21BrO3. The molecule has 3 nitrogen and oxygen atoms in total. The van der Waals surface area contributed by atoms with Gasteiger partial charge in [-0.2, -0.15) is 0 Å². The maximum Gasteiger partial charge on any atom is 0.317 e. The minimum atomic E-state index is -0.741. The molecule has 1 rings (SSSR count). The van der Waals surface area contributed by atoms with E-state index in [2.05, 4.69) is 15.9 Å². The molecule has 20 heavy (non-hydrogen) atoms. The van der Waals surface area contributed by atoms with E-state index in [9.17, 15) is 9.59 Å². The zero-order chi connectivity index (χ0) is 15.4. The van der Waals surface area contributed by atoms with Crippen LogP contribution in [-0.2, 0) is 9.53 Å². The number of carbonyl (C=O) groups excluding carboxylic acids is 2. The van der Waals surface area contributed by atoms with Crippen LogP contribution in [0, 0.1) is 25.7 Å². The molecule has 1 aromatic carbocycles. The third kappa shape index (κ3) is 3.69. The van der Waals surface area contributed by atoms with Gasteiger partial charge in [0.25, 0.3) is 0 Å². The average molecular weight is 341 g/mol. The van der Waals surface area contributed by atoms with Crippen LogP contribution in [0.2, 0.25) is 0 Å². The van der Waals surface area contributed by atoms with E-state index in [1.54, 1.807) is 6.92 Å². The van der Waals surface area contributed by atoms with Gasteiger partial charge < -0.3 is 4.74 Å². The summed E-state index contributed by atoms with van der Waals surface area (Å²) in [6.45, 7) is 9.61. The molecule has 0 bridgehead atoms. The summed E-state index contributed by atoms with van der Waals surface area (Å²) in [7, 11) is 0. The Morgan fingerprint density at radius 2 is 1.70 bits per heavy atom. The van der Waals surface area contributed by atoms with Crippen molar-refractivity contribution in [3.8, 4) is 0 Å². The molecule has 0 aliphatic carbocycles. The highest BCUT2D eigenvalue weighted by atomic mass is 79.9. The summed E-state index contributed by atoms with van der Waals surface area (Å²) >= 11 is 3.48. The van der Waals surface area contributed by atoms with Gasteiger partial charge in [-0.3, -0.25) is 9.59 Å². The average Bonchev–Trinajstić information content (AvgIpc) is 2.35. The predicted octanol–water partition coefficient (Wildman–Crippen LogP) is 4.08. The fourth-order valence-electron chi connectivity index (χ4n) is 2.18. The SMILES string of the molecule is CCOC(=O)C(C(=O)c1cc(C)c(Br)c(C)c1)C(C)C. The van der Waals surface area contributed by atoms with Crippen molar-refractivity contribution >= 4 is 27.7 Å². The Morgan fingerprint density at radius 3 is 2.10 bits per heavy atom. The second kappa shape index (κ2) is 7.02. The fourth-order valence-corrected chi connectivity index (χ4v) is 2.41. The van der Waals surface area contributed by atoms with Crippen LogP contribution in [0.3, 0.4) is 0 Å². The lowest BCUT2D eigenvalue weighted by Gasteiger charge is -2.18. The highest BCUT2D eigenvalue weighted by Gasteiger charge is 2.32. The number of hydrogen-bond acceptors (Lipinski definition) is 3. The fraction of sp³-hybridized carbons (Fsp3) is 0.500. The first-order chi connectivity index (χ1) is 9.29. The highest BCUT2D eigenvalue weighted by molar-refractivity contribution is 9.10. The van der Waals surface area contributed by atoms with Crippen molar-refractivity contribution in [2.24, 2.45) is 11.8 Å². The second-order valence-corrected chi connectivity index (χ2v) is 6.06. The number of benzene rings is 1. The summed E-state index contributed by atoms with van der Waals surface area (Å²) in [5.74, 6) is -1.44. The number of ether oxygens (including phenoxy) is 1. The zero-order valence-electron chi connectivity index (χ0n) is 12.6. The van der Waals surface area contributed by atoms with Crippen molar-refractivity contribution < 1.29 is 14.3 Å². The van der Waals surface area contributed by atoms with E-state index >= 15 is 0 Å². The van der Waals surface area contributed by atoms with Gasteiger partial charge in [-0.05, 0) is 49.9 Å². The quantitative estimate of drug-likeness (QED) is 0.460. The van der Waals surface area contributed by atoms with Gasteiger partial charge in [0.05, 0.1) is 6.61 Å². The van der Waals surface area contributed by atoms with Gasteiger partial charge in [0.1, 0.15) is 5.92 Å². The first-order valence-electron chi connectivity index (χ1n) is 6.77.